The molecule has 0 aromatic heterocycles. The molecule has 103 heavy (non-hydrogen) atoms. The van der Waals surface area contributed by atoms with E-state index in [1.165, 1.54) is 223 Å². The Kier molecular flexibility index (Phi) is 29.1. The molecule has 1 N–H and O–H groups in total. The molecule has 2 unspecified atom stereocenters. The Morgan fingerprint density at radius 3 is 0.748 bits per heavy atom. The summed E-state index contributed by atoms with van der Waals surface area (Å²) in [7, 11) is 6.74. The molecule has 9 aromatic carbocycles. The standard InChI is InChI=1S/3C21H21S.C13H25N.C11H19N.C10H19N.H2/c3*1-16-4-10-19(11-5-16)22(20-12-6-17(2)7-13-20)21-14-8-18(3)9-15-21;1-14(12-8-4-2-5-9-12)13-10-6-3-7-11-13;1-12-11-5-8-2-9(6-11)4-10(3-8)7-11;1-11-8-4-6-9-5-2-3-7-10(9)11;/h3*4-15H,1-3H3;12-13H,2-11H2,1H3;8-10,12H,2-7H2,1H3;9-10H,2-8H2,1H3;1H/q3*+1;;;;. The molecule has 0 spiro atoms. The van der Waals surface area contributed by atoms with Crippen molar-refractivity contribution < 1.29 is 1.43 Å². The lowest BCUT2D eigenvalue weighted by atomic mass is 9.53. The fraction of sp³-hybridized carbons (Fsp3) is 0.443. The number of piperidine rings is 1. The van der Waals surface area contributed by atoms with Gasteiger partial charge in [0.25, 0.3) is 0 Å². The van der Waals surface area contributed by atoms with Crippen molar-refractivity contribution in [3.05, 3.63) is 268 Å². The molecular formula is C97H128N3S3+3. The minimum atomic E-state index is -0.0394. The van der Waals surface area contributed by atoms with E-state index in [4.69, 9.17) is 0 Å². The Labute approximate surface area is 635 Å². The van der Waals surface area contributed by atoms with Gasteiger partial charge in [-0.25, -0.2) is 0 Å². The van der Waals surface area contributed by atoms with Crippen LogP contribution in [-0.2, 0) is 32.7 Å². The summed E-state index contributed by atoms with van der Waals surface area (Å²) < 4.78 is 0. The zero-order chi connectivity index (χ0) is 72.2. The second-order valence-corrected chi connectivity index (χ2v) is 38.2. The van der Waals surface area contributed by atoms with Crippen LogP contribution in [-0.4, -0.2) is 61.2 Å². The monoisotopic (exact) mass is 1430 g/mol. The van der Waals surface area contributed by atoms with E-state index >= 15 is 0 Å². The third-order valence-electron chi connectivity index (χ3n) is 23.7. The Bertz CT molecular complexity index is 3230. The predicted molar refractivity (Wildman–Crippen MR) is 448 cm³/mol. The molecule has 1 saturated heterocycles. The van der Waals surface area contributed by atoms with Crippen LogP contribution in [0.25, 0.3) is 0 Å². The molecule has 7 saturated carbocycles. The number of hydrogen-bond acceptors (Lipinski definition) is 3. The van der Waals surface area contributed by atoms with Crippen LogP contribution in [0.4, 0.5) is 0 Å². The van der Waals surface area contributed by atoms with E-state index in [2.05, 4.69) is 317 Å². The Balaban J connectivity index is 0.000000136. The highest BCUT2D eigenvalue weighted by atomic mass is 32.2. The first-order chi connectivity index (χ1) is 49.9. The topological polar surface area (TPSA) is 18.5 Å². The summed E-state index contributed by atoms with van der Waals surface area (Å²) in [6.45, 7) is 20.6. The first-order valence-electron chi connectivity index (χ1n) is 39.9. The van der Waals surface area contributed by atoms with Gasteiger partial charge in [-0.05, 0) is 313 Å². The number of nitrogens with zero attached hydrogens (tertiary/aromatic N) is 2. The molecule has 3 nitrogen and oxygen atoms in total. The SMILES string of the molecule is CN(C1CCCCC1)C1CCCCC1.CN1CCCC2CCCCC21.CNC12CC3CC(CC(C3)C1)C2.Cc1ccc([S+](c2ccc(C)cc2)c2ccc(C)cc2)cc1.Cc1ccc([S+](c2ccc(C)cc2)c2ccc(C)cc2)cc1.Cc1ccc([S+](c2ccc(C)cc2)c2ccc(C)cc2)cc1.[HH]. The zero-order valence-electron chi connectivity index (χ0n) is 65.2. The average Bonchev–Trinajstić information content (AvgIpc) is 0.753. The lowest BCUT2D eigenvalue weighted by Crippen LogP contribution is -2.57. The predicted octanol–water partition coefficient (Wildman–Crippen LogP) is 25.4. The first kappa shape index (κ1) is 78.0. The van der Waals surface area contributed by atoms with E-state index in [0.717, 1.165) is 41.8 Å². The number of benzene rings is 9. The van der Waals surface area contributed by atoms with Crippen LogP contribution in [0.3, 0.4) is 0 Å². The van der Waals surface area contributed by atoms with Gasteiger partial charge in [0.1, 0.15) is 0 Å². The fourth-order valence-corrected chi connectivity index (χ4v) is 24.0. The molecular weight excluding hydrogens is 1300 g/mol. The van der Waals surface area contributed by atoms with Gasteiger partial charge in [-0.2, -0.15) is 0 Å². The van der Waals surface area contributed by atoms with Gasteiger partial charge in [0.05, 0.1) is 32.7 Å². The van der Waals surface area contributed by atoms with E-state index in [0.29, 0.717) is 5.54 Å². The maximum atomic E-state index is 3.61. The van der Waals surface area contributed by atoms with E-state index in [1.807, 2.05) is 0 Å². The molecule has 6 heteroatoms. The van der Waals surface area contributed by atoms with Crippen LogP contribution in [0.1, 0.15) is 193 Å². The van der Waals surface area contributed by atoms with Gasteiger partial charge in [-0.15, -0.1) is 0 Å². The Morgan fingerprint density at radius 1 is 0.311 bits per heavy atom. The van der Waals surface area contributed by atoms with Crippen molar-refractivity contribution in [2.75, 3.05) is 27.7 Å². The molecule has 1 heterocycles. The van der Waals surface area contributed by atoms with Gasteiger partial charge in [0, 0.05) is 25.1 Å². The summed E-state index contributed by atoms with van der Waals surface area (Å²) >= 11 is 0. The molecule has 2 atom stereocenters. The van der Waals surface area contributed by atoms with Crippen molar-refractivity contribution in [1.29, 1.82) is 0 Å². The summed E-state index contributed by atoms with van der Waals surface area (Å²) in [5.41, 5.74) is 12.3. The maximum Gasteiger partial charge on any atom is 0.166 e. The lowest BCUT2D eigenvalue weighted by Gasteiger charge is -2.56. The van der Waals surface area contributed by atoms with Crippen LogP contribution in [0.15, 0.2) is 262 Å². The average molecular weight is 1430 g/mol. The van der Waals surface area contributed by atoms with Gasteiger partial charge >= 0.3 is 0 Å². The molecule has 546 valence electrons. The number of hydrogen-bond donors (Lipinski definition) is 1. The van der Waals surface area contributed by atoms with Crippen LogP contribution < -0.4 is 5.32 Å². The van der Waals surface area contributed by atoms with Gasteiger partial charge in [0.15, 0.2) is 44.1 Å². The highest BCUT2D eigenvalue weighted by molar-refractivity contribution is 7.97. The number of aryl methyl sites for hydroxylation is 9. The van der Waals surface area contributed by atoms with Gasteiger partial charge in [-0.1, -0.05) is 211 Å². The molecule has 8 fully saturated rings. The Morgan fingerprint density at radius 2 is 0.524 bits per heavy atom. The first-order valence-corrected chi connectivity index (χ1v) is 43.6. The quantitative estimate of drug-likeness (QED) is 0.123. The third-order valence-corrected chi connectivity index (χ3v) is 30.4. The number of nitrogens with one attached hydrogen (secondary N) is 1. The van der Waals surface area contributed by atoms with Gasteiger partial charge in [-0.3, -0.25) is 0 Å². The van der Waals surface area contributed by atoms with Crippen molar-refractivity contribution in [3.8, 4) is 0 Å². The number of likely N-dealkylation sites (tertiary alicyclic amines) is 1. The summed E-state index contributed by atoms with van der Waals surface area (Å²) in [6.07, 6.45) is 32.7. The normalized spacial score (nSPS) is 21.5. The second-order valence-electron chi connectivity index (χ2n) is 32.2. The largest absolute Gasteiger partial charge is 0.314 e. The van der Waals surface area contributed by atoms with Crippen molar-refractivity contribution in [3.63, 3.8) is 0 Å². The van der Waals surface area contributed by atoms with Crippen molar-refractivity contribution >= 4 is 32.7 Å². The number of rotatable bonds is 12. The highest BCUT2D eigenvalue weighted by Crippen LogP contribution is 2.55. The zero-order valence-corrected chi connectivity index (χ0v) is 67.7. The molecule has 0 amide bonds. The molecule has 17 rings (SSSR count). The van der Waals surface area contributed by atoms with Crippen molar-refractivity contribution in [1.82, 2.24) is 15.1 Å². The minimum absolute atomic E-state index is 0. The van der Waals surface area contributed by atoms with Gasteiger partial charge in [0.2, 0.25) is 0 Å². The molecule has 8 aliphatic rings. The smallest absolute Gasteiger partial charge is 0.166 e. The number of fused-ring (bicyclic) bond motifs is 1. The van der Waals surface area contributed by atoms with Crippen LogP contribution >= 0.6 is 0 Å². The highest BCUT2D eigenvalue weighted by Gasteiger charge is 2.50. The van der Waals surface area contributed by atoms with E-state index in [-0.39, 0.29) is 34.1 Å². The molecule has 9 aromatic rings. The summed E-state index contributed by atoms with van der Waals surface area (Å²) in [5.74, 6) is 4.32. The minimum Gasteiger partial charge on any atom is -0.314 e. The fourth-order valence-electron chi connectivity index (χ4n) is 17.9. The summed E-state index contributed by atoms with van der Waals surface area (Å²) in [6, 6.07) is 83.2. The van der Waals surface area contributed by atoms with Crippen LogP contribution in [0, 0.1) is 86.0 Å². The van der Waals surface area contributed by atoms with Crippen LogP contribution in [0.2, 0.25) is 0 Å². The van der Waals surface area contributed by atoms with Crippen molar-refractivity contribution in [2.45, 2.75) is 271 Å². The van der Waals surface area contributed by atoms with Crippen LogP contribution in [0.5, 0.6) is 0 Å². The summed E-state index contributed by atoms with van der Waals surface area (Å²) in [4.78, 5) is 17.7. The molecule has 1 aliphatic heterocycles. The van der Waals surface area contributed by atoms with E-state index < -0.39 is 0 Å². The summed E-state index contributed by atoms with van der Waals surface area (Å²) in [5, 5.41) is 3.61. The van der Waals surface area contributed by atoms with E-state index in [1.54, 1.807) is 19.3 Å². The third kappa shape index (κ3) is 22.3. The molecule has 7 aliphatic carbocycles. The maximum absolute atomic E-state index is 3.61. The van der Waals surface area contributed by atoms with Gasteiger partial charge < -0.3 is 15.1 Å². The Hall–Kier alpha value is -6.09. The van der Waals surface area contributed by atoms with E-state index in [9.17, 15) is 0 Å². The molecule has 4 bridgehead atoms. The molecule has 0 radical (unpaired) electrons. The lowest BCUT2D eigenvalue weighted by molar-refractivity contribution is -0.0158. The van der Waals surface area contributed by atoms with Crippen molar-refractivity contribution in [2.24, 2.45) is 23.7 Å². The second kappa shape index (κ2) is 38.4.